The number of fused-ring (bicyclic) bond motifs is 3. The maximum Gasteiger partial charge on any atom is 0.328 e. The fraction of sp³-hybridized carbons (Fsp3) is 0.421. The molecule has 2 unspecified atom stereocenters. The summed E-state index contributed by atoms with van der Waals surface area (Å²) in [5, 5.41) is 9.31. The first-order valence-electron chi connectivity index (χ1n) is 8.99. The number of nitrogens with zero attached hydrogens (tertiary/aromatic N) is 5. The van der Waals surface area contributed by atoms with Crippen LogP contribution in [0.2, 0.25) is 0 Å². The van der Waals surface area contributed by atoms with Gasteiger partial charge in [-0.1, -0.05) is 29.8 Å². The number of rotatable bonds is 4. The third-order valence-electron chi connectivity index (χ3n) is 5.29. The Morgan fingerprint density at radius 3 is 2.48 bits per heavy atom. The molecule has 0 saturated carbocycles. The van der Waals surface area contributed by atoms with E-state index < -0.39 is 12.2 Å². The van der Waals surface area contributed by atoms with Crippen molar-refractivity contribution in [2.45, 2.75) is 32.6 Å². The van der Waals surface area contributed by atoms with Crippen LogP contribution in [0.4, 0.5) is 4.79 Å². The number of aliphatic imine (C=N–C) groups is 1. The highest BCUT2D eigenvalue weighted by Crippen LogP contribution is 2.34. The lowest BCUT2D eigenvalue weighted by molar-refractivity contribution is -0.137. The normalized spacial score (nSPS) is 24.3. The van der Waals surface area contributed by atoms with Crippen molar-refractivity contribution < 1.29 is 14.7 Å². The Morgan fingerprint density at radius 1 is 1.11 bits per heavy atom. The first-order chi connectivity index (χ1) is 12.9. The number of urea groups is 1. The SMILES string of the molecule is CC1=CN2C(=NC3C2C(=O)N(Cc2ccc(C)cc2)C(=O)N3C)N1CCO. The second-order valence-electron chi connectivity index (χ2n) is 7.14. The number of aliphatic hydroxyl groups excluding tert-OH is 1. The zero-order valence-corrected chi connectivity index (χ0v) is 15.7. The van der Waals surface area contributed by atoms with Crippen LogP contribution in [-0.2, 0) is 11.3 Å². The molecule has 1 aromatic rings. The number of hydrogen-bond acceptors (Lipinski definition) is 6. The van der Waals surface area contributed by atoms with Crippen molar-refractivity contribution in [1.82, 2.24) is 19.6 Å². The van der Waals surface area contributed by atoms with Crippen LogP contribution in [0.1, 0.15) is 18.1 Å². The Balaban J connectivity index is 1.63. The van der Waals surface area contributed by atoms with Gasteiger partial charge in [-0.3, -0.25) is 9.69 Å². The predicted octanol–water partition coefficient (Wildman–Crippen LogP) is 0.925. The maximum atomic E-state index is 13.2. The predicted molar refractivity (Wildman–Crippen MR) is 99.3 cm³/mol. The van der Waals surface area contributed by atoms with Crippen molar-refractivity contribution in [3.8, 4) is 0 Å². The first-order valence-corrected chi connectivity index (χ1v) is 8.99. The number of allylic oxidation sites excluding steroid dienone is 1. The molecule has 0 bridgehead atoms. The molecule has 8 heteroatoms. The van der Waals surface area contributed by atoms with E-state index in [0.29, 0.717) is 12.5 Å². The van der Waals surface area contributed by atoms with Crippen molar-refractivity contribution in [1.29, 1.82) is 0 Å². The van der Waals surface area contributed by atoms with Gasteiger partial charge in [-0.15, -0.1) is 0 Å². The van der Waals surface area contributed by atoms with Gasteiger partial charge in [0, 0.05) is 25.5 Å². The van der Waals surface area contributed by atoms with E-state index in [1.54, 1.807) is 7.05 Å². The summed E-state index contributed by atoms with van der Waals surface area (Å²) >= 11 is 0. The van der Waals surface area contributed by atoms with E-state index in [0.717, 1.165) is 16.8 Å². The molecule has 142 valence electrons. The topological polar surface area (TPSA) is 79.7 Å². The number of benzene rings is 1. The van der Waals surface area contributed by atoms with E-state index in [1.165, 1.54) is 9.80 Å². The average molecular weight is 369 g/mol. The summed E-state index contributed by atoms with van der Waals surface area (Å²) < 4.78 is 0. The monoisotopic (exact) mass is 369 g/mol. The van der Waals surface area contributed by atoms with Crippen molar-refractivity contribution in [2.75, 3.05) is 20.2 Å². The molecule has 1 fully saturated rings. The molecule has 1 saturated heterocycles. The zero-order chi connectivity index (χ0) is 19.3. The standard InChI is InChI=1S/C19H23N5O3/c1-12-4-6-14(7-5-12)11-24-17(26)15-16(21(3)19(24)27)20-18-22(8-9-25)13(2)10-23(15)18/h4-7,10,15-16,25H,8-9,11H2,1-3H3. The number of amides is 3. The van der Waals surface area contributed by atoms with Gasteiger partial charge in [0.1, 0.15) is 0 Å². The van der Waals surface area contributed by atoms with Gasteiger partial charge >= 0.3 is 6.03 Å². The van der Waals surface area contributed by atoms with Crippen LogP contribution in [0.15, 0.2) is 41.2 Å². The van der Waals surface area contributed by atoms with Gasteiger partial charge in [0.25, 0.3) is 5.91 Å². The highest BCUT2D eigenvalue weighted by Gasteiger charge is 2.54. The molecule has 8 nitrogen and oxygen atoms in total. The van der Waals surface area contributed by atoms with Crippen LogP contribution in [-0.4, -0.2) is 75.0 Å². The van der Waals surface area contributed by atoms with Crippen molar-refractivity contribution >= 4 is 17.9 Å². The molecule has 0 radical (unpaired) electrons. The lowest BCUT2D eigenvalue weighted by Gasteiger charge is -2.40. The third kappa shape index (κ3) is 2.68. The highest BCUT2D eigenvalue weighted by atomic mass is 16.3. The van der Waals surface area contributed by atoms with Gasteiger partial charge in [0.2, 0.25) is 5.96 Å². The molecule has 2 atom stereocenters. The van der Waals surface area contributed by atoms with Gasteiger partial charge in [-0.05, 0) is 19.4 Å². The van der Waals surface area contributed by atoms with Crippen LogP contribution in [0, 0.1) is 6.92 Å². The molecular weight excluding hydrogens is 346 g/mol. The lowest BCUT2D eigenvalue weighted by Crippen LogP contribution is -2.63. The molecular formula is C19H23N5O3. The largest absolute Gasteiger partial charge is 0.395 e. The molecule has 0 spiro atoms. The fourth-order valence-corrected chi connectivity index (χ4v) is 3.80. The summed E-state index contributed by atoms with van der Waals surface area (Å²) in [7, 11) is 1.67. The van der Waals surface area contributed by atoms with Gasteiger partial charge in [0.05, 0.1) is 13.2 Å². The van der Waals surface area contributed by atoms with Crippen LogP contribution in [0.25, 0.3) is 0 Å². The number of imide groups is 1. The van der Waals surface area contributed by atoms with E-state index in [1.807, 2.05) is 54.1 Å². The minimum Gasteiger partial charge on any atom is -0.395 e. The fourth-order valence-electron chi connectivity index (χ4n) is 3.80. The lowest BCUT2D eigenvalue weighted by atomic mass is 10.1. The summed E-state index contributed by atoms with van der Waals surface area (Å²) in [5.74, 6) is 0.360. The summed E-state index contributed by atoms with van der Waals surface area (Å²) in [6.45, 7) is 4.53. The van der Waals surface area contributed by atoms with E-state index in [2.05, 4.69) is 4.99 Å². The van der Waals surface area contributed by atoms with Crippen LogP contribution >= 0.6 is 0 Å². The van der Waals surface area contributed by atoms with E-state index >= 15 is 0 Å². The van der Waals surface area contributed by atoms with Crippen molar-refractivity contribution in [2.24, 2.45) is 4.99 Å². The van der Waals surface area contributed by atoms with Gasteiger partial charge in [0.15, 0.2) is 12.2 Å². The number of guanidine groups is 1. The molecule has 1 aromatic carbocycles. The minimum absolute atomic E-state index is 0.0182. The maximum absolute atomic E-state index is 13.2. The first kappa shape index (κ1) is 17.5. The van der Waals surface area contributed by atoms with E-state index in [-0.39, 0.29) is 25.1 Å². The minimum atomic E-state index is -0.577. The molecule has 4 rings (SSSR count). The van der Waals surface area contributed by atoms with Gasteiger partial charge in [-0.25, -0.2) is 9.79 Å². The molecule has 3 heterocycles. The number of hydrogen-bond donors (Lipinski definition) is 1. The smallest absolute Gasteiger partial charge is 0.328 e. The Hall–Kier alpha value is -2.87. The molecule has 27 heavy (non-hydrogen) atoms. The Bertz CT molecular complexity index is 847. The molecule has 3 aliphatic rings. The summed E-state index contributed by atoms with van der Waals surface area (Å²) in [4.78, 5) is 37.2. The quantitative estimate of drug-likeness (QED) is 0.854. The van der Waals surface area contributed by atoms with Crippen LogP contribution < -0.4 is 0 Å². The number of β-amino-alcohol motifs (C(OH)–C–C–N with tert-alkyl or cyclic N) is 1. The number of carbonyl (C=O) groups is 2. The second kappa shape index (κ2) is 6.38. The number of carbonyl (C=O) groups excluding carboxylic acids is 2. The molecule has 3 amide bonds. The van der Waals surface area contributed by atoms with E-state index in [4.69, 9.17) is 0 Å². The summed E-state index contributed by atoms with van der Waals surface area (Å²) in [5.41, 5.74) is 2.95. The van der Waals surface area contributed by atoms with Crippen LogP contribution in [0.3, 0.4) is 0 Å². The molecule has 0 aromatic heterocycles. The Labute approximate surface area is 158 Å². The molecule has 0 aliphatic carbocycles. The highest BCUT2D eigenvalue weighted by molar-refractivity contribution is 6.04. The average Bonchev–Trinajstić information content (AvgIpc) is 3.15. The van der Waals surface area contributed by atoms with Gasteiger partial charge < -0.3 is 19.8 Å². The molecule has 1 N–H and O–H groups in total. The second-order valence-corrected chi connectivity index (χ2v) is 7.14. The van der Waals surface area contributed by atoms with Crippen molar-refractivity contribution in [3.63, 3.8) is 0 Å². The Kier molecular flexibility index (Phi) is 4.15. The Morgan fingerprint density at radius 2 is 1.81 bits per heavy atom. The van der Waals surface area contributed by atoms with Gasteiger partial charge in [-0.2, -0.15) is 0 Å². The van der Waals surface area contributed by atoms with Crippen LogP contribution in [0.5, 0.6) is 0 Å². The zero-order valence-electron chi connectivity index (χ0n) is 15.7. The molecule has 3 aliphatic heterocycles. The summed E-state index contributed by atoms with van der Waals surface area (Å²) in [6.07, 6.45) is 1.31. The van der Waals surface area contributed by atoms with E-state index in [9.17, 15) is 14.7 Å². The van der Waals surface area contributed by atoms with Crippen molar-refractivity contribution in [3.05, 3.63) is 47.3 Å². The third-order valence-corrected chi connectivity index (χ3v) is 5.29. The summed E-state index contributed by atoms with van der Waals surface area (Å²) in [6, 6.07) is 6.88. The number of aryl methyl sites for hydroxylation is 1. The number of likely N-dealkylation sites (N-methyl/N-ethyl adjacent to an activating group) is 1. The number of aliphatic hydroxyl groups is 1.